The number of benzene rings is 1. The van der Waals surface area contributed by atoms with Crippen LogP contribution in [0.5, 0.6) is 0 Å². The molecule has 26 heavy (non-hydrogen) atoms. The molecule has 3 rings (SSSR count). The van der Waals surface area contributed by atoms with E-state index in [4.69, 9.17) is 4.52 Å². The Bertz CT molecular complexity index is 780. The number of nitrogens with one attached hydrogen (secondary N) is 1. The van der Waals surface area contributed by atoms with Crippen LogP contribution in [0.2, 0.25) is 0 Å². The minimum atomic E-state index is -0.401. The molecule has 0 spiro atoms. The lowest BCUT2D eigenvalue weighted by Crippen LogP contribution is -2.28. The maximum absolute atomic E-state index is 12.4. The van der Waals surface area contributed by atoms with Gasteiger partial charge < -0.3 is 19.6 Å². The Morgan fingerprint density at radius 1 is 1.31 bits per heavy atom. The van der Waals surface area contributed by atoms with Gasteiger partial charge in [0.15, 0.2) is 5.82 Å². The molecular formula is C19H24N4O3. The summed E-state index contributed by atoms with van der Waals surface area (Å²) in [4.78, 5) is 28.7. The van der Waals surface area contributed by atoms with Crippen molar-refractivity contribution in [1.82, 2.24) is 5.16 Å². The third kappa shape index (κ3) is 3.71. The quantitative estimate of drug-likeness (QED) is 0.861. The van der Waals surface area contributed by atoms with Gasteiger partial charge in [-0.15, -0.1) is 0 Å². The summed E-state index contributed by atoms with van der Waals surface area (Å²) in [6, 6.07) is 9.56. The number of hydrogen-bond donors (Lipinski definition) is 1. The first-order valence-corrected chi connectivity index (χ1v) is 8.91. The third-order valence-electron chi connectivity index (χ3n) is 4.67. The van der Waals surface area contributed by atoms with Gasteiger partial charge in [0.05, 0.1) is 5.92 Å². The van der Waals surface area contributed by atoms with Gasteiger partial charge in [0, 0.05) is 43.5 Å². The highest BCUT2D eigenvalue weighted by Crippen LogP contribution is 2.28. The second-order valence-electron chi connectivity index (χ2n) is 6.41. The van der Waals surface area contributed by atoms with E-state index in [-0.39, 0.29) is 18.2 Å². The summed E-state index contributed by atoms with van der Waals surface area (Å²) in [5.74, 6) is 0.340. The molecule has 138 valence electrons. The van der Waals surface area contributed by atoms with Crippen LogP contribution in [0.1, 0.15) is 26.0 Å². The van der Waals surface area contributed by atoms with Crippen LogP contribution < -0.4 is 15.1 Å². The van der Waals surface area contributed by atoms with Gasteiger partial charge in [-0.25, -0.2) is 0 Å². The lowest BCUT2D eigenvalue weighted by Gasteiger charge is -2.22. The average Bonchev–Trinajstić information content (AvgIpc) is 3.22. The lowest BCUT2D eigenvalue weighted by atomic mass is 10.1. The Labute approximate surface area is 152 Å². The molecule has 0 radical (unpaired) electrons. The second kappa shape index (κ2) is 7.59. The molecule has 1 aromatic heterocycles. The number of aryl methyl sites for hydroxylation is 1. The average molecular weight is 356 g/mol. The van der Waals surface area contributed by atoms with E-state index in [9.17, 15) is 9.59 Å². The summed E-state index contributed by atoms with van der Waals surface area (Å²) in [6.45, 7) is 8.21. The first-order chi connectivity index (χ1) is 12.5. The van der Waals surface area contributed by atoms with Gasteiger partial charge in [-0.2, -0.15) is 0 Å². The van der Waals surface area contributed by atoms with Crippen molar-refractivity contribution >= 4 is 29.0 Å². The van der Waals surface area contributed by atoms with Crippen LogP contribution in [0.15, 0.2) is 34.9 Å². The molecule has 2 aromatic rings. The second-order valence-corrected chi connectivity index (χ2v) is 6.41. The summed E-state index contributed by atoms with van der Waals surface area (Å²) in [5.41, 5.74) is 1.94. The van der Waals surface area contributed by atoms with Crippen LogP contribution in [-0.2, 0) is 9.59 Å². The van der Waals surface area contributed by atoms with Crippen molar-refractivity contribution < 1.29 is 14.1 Å². The molecule has 1 saturated heterocycles. The Morgan fingerprint density at radius 3 is 2.58 bits per heavy atom. The van der Waals surface area contributed by atoms with Crippen molar-refractivity contribution in [1.29, 1.82) is 0 Å². The summed E-state index contributed by atoms with van der Waals surface area (Å²) in [5, 5.41) is 6.46. The fourth-order valence-electron chi connectivity index (χ4n) is 3.22. The number of rotatable bonds is 6. The predicted molar refractivity (Wildman–Crippen MR) is 100 cm³/mol. The van der Waals surface area contributed by atoms with E-state index < -0.39 is 5.92 Å². The van der Waals surface area contributed by atoms with Crippen LogP contribution in [0.4, 0.5) is 17.2 Å². The predicted octanol–water partition coefficient (Wildman–Crippen LogP) is 2.82. The zero-order valence-electron chi connectivity index (χ0n) is 15.4. The smallest absolute Gasteiger partial charge is 0.231 e. The molecule has 1 N–H and O–H groups in total. The first-order valence-electron chi connectivity index (χ1n) is 8.91. The number of amides is 2. The van der Waals surface area contributed by atoms with Crippen LogP contribution in [0.25, 0.3) is 0 Å². The Hall–Kier alpha value is -2.83. The number of anilines is 3. The van der Waals surface area contributed by atoms with Crippen molar-refractivity contribution in [3.8, 4) is 0 Å². The summed E-state index contributed by atoms with van der Waals surface area (Å²) in [7, 11) is 0. The molecule has 1 fully saturated rings. The Morgan fingerprint density at radius 2 is 2.00 bits per heavy atom. The molecule has 0 bridgehead atoms. The van der Waals surface area contributed by atoms with Crippen molar-refractivity contribution in [2.45, 2.75) is 27.2 Å². The highest BCUT2D eigenvalue weighted by Gasteiger charge is 2.35. The van der Waals surface area contributed by atoms with Crippen LogP contribution >= 0.6 is 0 Å². The number of carbonyl (C=O) groups excluding carboxylic acids is 2. The van der Waals surface area contributed by atoms with Crippen molar-refractivity contribution in [2.24, 2.45) is 5.92 Å². The standard InChI is InChI=1S/C19H24N4O3/c1-4-22(5-2)15-6-8-16(9-7-15)23-12-14(11-18(23)24)19(25)20-17-10-13(3)26-21-17/h6-10,14H,4-5,11-12H2,1-3H3,(H,20,21,25). The van der Waals surface area contributed by atoms with Gasteiger partial charge in [0.2, 0.25) is 11.8 Å². The van der Waals surface area contributed by atoms with Gasteiger partial charge in [-0.3, -0.25) is 9.59 Å². The van der Waals surface area contributed by atoms with Crippen LogP contribution in [0.3, 0.4) is 0 Å². The van der Waals surface area contributed by atoms with E-state index >= 15 is 0 Å². The van der Waals surface area contributed by atoms with E-state index in [0.29, 0.717) is 18.1 Å². The van der Waals surface area contributed by atoms with E-state index in [1.165, 1.54) is 0 Å². The molecule has 1 aromatic carbocycles. The van der Waals surface area contributed by atoms with Crippen LogP contribution in [-0.4, -0.2) is 36.6 Å². The molecule has 7 heteroatoms. The van der Waals surface area contributed by atoms with E-state index in [2.05, 4.69) is 29.2 Å². The minimum Gasteiger partial charge on any atom is -0.372 e. The highest BCUT2D eigenvalue weighted by molar-refractivity contribution is 6.03. The number of hydrogen-bond acceptors (Lipinski definition) is 5. The van der Waals surface area contributed by atoms with Gasteiger partial charge in [-0.05, 0) is 45.0 Å². The zero-order chi connectivity index (χ0) is 18.7. The van der Waals surface area contributed by atoms with Gasteiger partial charge in [-0.1, -0.05) is 5.16 Å². The summed E-state index contributed by atoms with van der Waals surface area (Å²) >= 11 is 0. The molecular weight excluding hydrogens is 332 g/mol. The summed E-state index contributed by atoms with van der Waals surface area (Å²) < 4.78 is 4.94. The Kier molecular flexibility index (Phi) is 5.25. The zero-order valence-corrected chi connectivity index (χ0v) is 15.4. The van der Waals surface area contributed by atoms with Crippen LogP contribution in [0, 0.1) is 12.8 Å². The summed E-state index contributed by atoms with van der Waals surface area (Å²) in [6.07, 6.45) is 0.195. The fourth-order valence-corrected chi connectivity index (χ4v) is 3.22. The van der Waals surface area contributed by atoms with E-state index in [1.807, 2.05) is 24.3 Å². The van der Waals surface area contributed by atoms with Gasteiger partial charge in [0.25, 0.3) is 0 Å². The van der Waals surface area contributed by atoms with E-state index in [1.54, 1.807) is 17.9 Å². The number of carbonyl (C=O) groups is 2. The number of nitrogens with zero attached hydrogens (tertiary/aromatic N) is 3. The number of aromatic nitrogens is 1. The molecule has 1 aliphatic heterocycles. The highest BCUT2D eigenvalue weighted by atomic mass is 16.5. The maximum Gasteiger partial charge on any atom is 0.231 e. The molecule has 0 aliphatic carbocycles. The minimum absolute atomic E-state index is 0.0444. The fraction of sp³-hybridized carbons (Fsp3) is 0.421. The molecule has 1 atom stereocenters. The molecule has 7 nitrogen and oxygen atoms in total. The molecule has 2 amide bonds. The van der Waals surface area contributed by atoms with Crippen molar-refractivity contribution in [3.63, 3.8) is 0 Å². The molecule has 2 heterocycles. The Balaban J connectivity index is 1.66. The third-order valence-corrected chi connectivity index (χ3v) is 4.67. The lowest BCUT2D eigenvalue weighted by molar-refractivity contribution is -0.122. The topological polar surface area (TPSA) is 78.7 Å². The molecule has 1 unspecified atom stereocenters. The monoisotopic (exact) mass is 356 g/mol. The molecule has 0 saturated carbocycles. The van der Waals surface area contributed by atoms with Crippen molar-refractivity contribution in [3.05, 3.63) is 36.1 Å². The van der Waals surface area contributed by atoms with E-state index in [0.717, 1.165) is 24.5 Å². The van der Waals surface area contributed by atoms with Gasteiger partial charge >= 0.3 is 0 Å². The normalized spacial score (nSPS) is 16.8. The van der Waals surface area contributed by atoms with Gasteiger partial charge in [0.1, 0.15) is 5.76 Å². The first kappa shape index (κ1) is 18.0. The molecule has 1 aliphatic rings. The maximum atomic E-state index is 12.4. The largest absolute Gasteiger partial charge is 0.372 e. The SMILES string of the molecule is CCN(CC)c1ccc(N2CC(C(=O)Nc3cc(C)on3)CC2=O)cc1. The van der Waals surface area contributed by atoms with Crippen molar-refractivity contribution in [2.75, 3.05) is 34.8 Å².